The van der Waals surface area contributed by atoms with Crippen molar-refractivity contribution < 1.29 is 9.21 Å². The molecule has 1 unspecified atom stereocenters. The second-order valence-corrected chi connectivity index (χ2v) is 5.86. The van der Waals surface area contributed by atoms with Crippen molar-refractivity contribution in [2.75, 3.05) is 0 Å². The number of aryl methyl sites for hydroxylation is 1. The summed E-state index contributed by atoms with van der Waals surface area (Å²) >= 11 is 5.91. The van der Waals surface area contributed by atoms with Gasteiger partial charge in [0.1, 0.15) is 5.76 Å². The lowest BCUT2D eigenvalue weighted by Crippen LogP contribution is -2.31. The van der Waals surface area contributed by atoms with Gasteiger partial charge in [-0.2, -0.15) is 0 Å². The molecule has 1 N–H and O–H groups in total. The first-order chi connectivity index (χ1) is 10.1. The number of rotatable bonds is 6. The van der Waals surface area contributed by atoms with Gasteiger partial charge in [0.2, 0.25) is 5.91 Å². The summed E-state index contributed by atoms with van der Waals surface area (Å²) in [6.45, 7) is 4.18. The summed E-state index contributed by atoms with van der Waals surface area (Å²) < 4.78 is 5.24. The third kappa shape index (κ3) is 4.64. The maximum atomic E-state index is 12.1. The number of furan rings is 1. The second-order valence-electron chi connectivity index (χ2n) is 5.42. The van der Waals surface area contributed by atoms with Gasteiger partial charge in [-0.05, 0) is 35.7 Å². The predicted octanol–water partition coefficient (Wildman–Crippen LogP) is 4.38. The molecule has 0 saturated carbocycles. The summed E-state index contributed by atoms with van der Waals surface area (Å²) in [5.74, 6) is 1.16. The van der Waals surface area contributed by atoms with E-state index in [4.69, 9.17) is 16.0 Å². The average Bonchev–Trinajstić information content (AvgIpc) is 2.97. The van der Waals surface area contributed by atoms with Crippen molar-refractivity contribution in [3.8, 4) is 0 Å². The fourth-order valence-corrected chi connectivity index (χ4v) is 2.37. The molecule has 4 heteroatoms. The van der Waals surface area contributed by atoms with Crippen LogP contribution in [-0.4, -0.2) is 5.91 Å². The smallest absolute Gasteiger partial charge is 0.220 e. The van der Waals surface area contributed by atoms with Crippen molar-refractivity contribution >= 4 is 17.5 Å². The summed E-state index contributed by atoms with van der Waals surface area (Å²) in [5, 5.41) is 3.79. The molecule has 2 aromatic rings. The molecule has 2 rings (SSSR count). The van der Waals surface area contributed by atoms with Crippen LogP contribution in [0.1, 0.15) is 37.6 Å². The topological polar surface area (TPSA) is 42.2 Å². The van der Waals surface area contributed by atoms with Gasteiger partial charge in [0.05, 0.1) is 12.3 Å². The van der Waals surface area contributed by atoms with E-state index in [-0.39, 0.29) is 11.9 Å². The fraction of sp³-hybridized carbons (Fsp3) is 0.353. The third-order valence-electron chi connectivity index (χ3n) is 3.39. The van der Waals surface area contributed by atoms with Crippen LogP contribution in [0.4, 0.5) is 0 Å². The first kappa shape index (κ1) is 15.6. The molecule has 1 amide bonds. The van der Waals surface area contributed by atoms with Crippen molar-refractivity contribution in [3.63, 3.8) is 0 Å². The Hall–Kier alpha value is -1.74. The van der Waals surface area contributed by atoms with E-state index in [0.717, 1.165) is 11.3 Å². The largest absolute Gasteiger partial charge is 0.469 e. The molecule has 0 bridgehead atoms. The van der Waals surface area contributed by atoms with Crippen LogP contribution in [0.25, 0.3) is 0 Å². The molecule has 3 nitrogen and oxygen atoms in total. The minimum absolute atomic E-state index is 0.00799. The van der Waals surface area contributed by atoms with Crippen molar-refractivity contribution in [3.05, 3.63) is 59.0 Å². The Morgan fingerprint density at radius 3 is 2.52 bits per heavy atom. The molecule has 21 heavy (non-hydrogen) atoms. The molecule has 1 aromatic heterocycles. The number of nitrogens with one attached hydrogen (secondary N) is 1. The maximum Gasteiger partial charge on any atom is 0.220 e. The molecule has 0 aliphatic rings. The zero-order valence-corrected chi connectivity index (χ0v) is 13.1. The number of benzene rings is 1. The minimum atomic E-state index is -0.00799. The highest BCUT2D eigenvalue weighted by molar-refractivity contribution is 6.30. The summed E-state index contributed by atoms with van der Waals surface area (Å²) in [7, 11) is 0. The molecule has 1 heterocycles. The van der Waals surface area contributed by atoms with Crippen molar-refractivity contribution in [1.29, 1.82) is 0 Å². The van der Waals surface area contributed by atoms with Gasteiger partial charge in [0.15, 0.2) is 0 Å². The summed E-state index contributed by atoms with van der Waals surface area (Å²) in [4.78, 5) is 12.1. The molecule has 0 aliphatic heterocycles. The Labute approximate surface area is 130 Å². The van der Waals surface area contributed by atoms with Gasteiger partial charge in [-0.3, -0.25) is 4.79 Å². The van der Waals surface area contributed by atoms with E-state index >= 15 is 0 Å². The standard InChI is InChI=1S/C17H20ClNO2/c1-12(2)17(13-5-7-14(18)8-6-13)19-16(20)10-9-15-4-3-11-21-15/h3-8,11-12,17H,9-10H2,1-2H3,(H,19,20). The van der Waals surface area contributed by atoms with Crippen LogP contribution in [0.5, 0.6) is 0 Å². The number of hydrogen-bond donors (Lipinski definition) is 1. The van der Waals surface area contributed by atoms with Gasteiger partial charge < -0.3 is 9.73 Å². The highest BCUT2D eigenvalue weighted by Crippen LogP contribution is 2.23. The highest BCUT2D eigenvalue weighted by atomic mass is 35.5. The molecular formula is C17H20ClNO2. The first-order valence-corrected chi connectivity index (χ1v) is 7.51. The van der Waals surface area contributed by atoms with Gasteiger partial charge in [0.25, 0.3) is 0 Å². The van der Waals surface area contributed by atoms with E-state index < -0.39 is 0 Å². The summed E-state index contributed by atoms with van der Waals surface area (Å²) in [6.07, 6.45) is 2.66. The van der Waals surface area contributed by atoms with Crippen LogP contribution >= 0.6 is 11.6 Å². The van der Waals surface area contributed by atoms with Crippen LogP contribution in [0.2, 0.25) is 5.02 Å². The molecule has 0 radical (unpaired) electrons. The molecule has 0 fully saturated rings. The van der Waals surface area contributed by atoms with Crippen molar-refractivity contribution in [1.82, 2.24) is 5.32 Å². The van der Waals surface area contributed by atoms with E-state index in [9.17, 15) is 4.79 Å². The maximum absolute atomic E-state index is 12.1. The zero-order chi connectivity index (χ0) is 15.2. The number of amides is 1. The number of carbonyl (C=O) groups is 1. The predicted molar refractivity (Wildman–Crippen MR) is 84.2 cm³/mol. The van der Waals surface area contributed by atoms with E-state index in [2.05, 4.69) is 19.2 Å². The molecular weight excluding hydrogens is 286 g/mol. The Morgan fingerprint density at radius 2 is 1.95 bits per heavy atom. The SMILES string of the molecule is CC(C)C(NC(=O)CCc1ccco1)c1ccc(Cl)cc1. The van der Waals surface area contributed by atoms with Gasteiger partial charge in [-0.1, -0.05) is 37.6 Å². The lowest BCUT2D eigenvalue weighted by molar-refractivity contribution is -0.122. The molecule has 0 saturated heterocycles. The van der Waals surface area contributed by atoms with Crippen LogP contribution in [-0.2, 0) is 11.2 Å². The Kier molecular flexibility index (Phi) is 5.45. The van der Waals surface area contributed by atoms with Crippen LogP contribution in [0.15, 0.2) is 47.1 Å². The lowest BCUT2D eigenvalue weighted by atomic mass is 9.96. The number of halogens is 1. The van der Waals surface area contributed by atoms with Crippen LogP contribution in [0, 0.1) is 5.92 Å². The normalized spacial score (nSPS) is 12.4. The van der Waals surface area contributed by atoms with E-state index in [0.29, 0.717) is 23.8 Å². The van der Waals surface area contributed by atoms with Crippen molar-refractivity contribution in [2.24, 2.45) is 5.92 Å². The van der Waals surface area contributed by atoms with E-state index in [1.807, 2.05) is 36.4 Å². The number of hydrogen-bond acceptors (Lipinski definition) is 2. The quantitative estimate of drug-likeness (QED) is 0.860. The Morgan fingerprint density at radius 1 is 1.24 bits per heavy atom. The second kappa shape index (κ2) is 7.32. The molecule has 1 atom stereocenters. The van der Waals surface area contributed by atoms with E-state index in [1.54, 1.807) is 6.26 Å². The van der Waals surface area contributed by atoms with Gasteiger partial charge >= 0.3 is 0 Å². The van der Waals surface area contributed by atoms with E-state index in [1.165, 1.54) is 0 Å². The zero-order valence-electron chi connectivity index (χ0n) is 12.3. The Bertz CT molecular complexity index is 561. The minimum Gasteiger partial charge on any atom is -0.469 e. The van der Waals surface area contributed by atoms with Gasteiger partial charge in [-0.25, -0.2) is 0 Å². The summed E-state index contributed by atoms with van der Waals surface area (Å²) in [5.41, 5.74) is 1.07. The van der Waals surface area contributed by atoms with Crippen molar-refractivity contribution in [2.45, 2.75) is 32.7 Å². The van der Waals surface area contributed by atoms with Gasteiger partial charge in [-0.15, -0.1) is 0 Å². The molecule has 0 aliphatic carbocycles. The summed E-state index contributed by atoms with van der Waals surface area (Å²) in [6, 6.07) is 11.3. The molecule has 1 aromatic carbocycles. The fourth-order valence-electron chi connectivity index (χ4n) is 2.24. The number of carbonyl (C=O) groups excluding carboxylic acids is 1. The van der Waals surface area contributed by atoms with Crippen LogP contribution < -0.4 is 5.32 Å². The average molecular weight is 306 g/mol. The monoisotopic (exact) mass is 305 g/mol. The first-order valence-electron chi connectivity index (χ1n) is 7.13. The lowest BCUT2D eigenvalue weighted by Gasteiger charge is -2.23. The van der Waals surface area contributed by atoms with Gasteiger partial charge in [0, 0.05) is 17.9 Å². The third-order valence-corrected chi connectivity index (χ3v) is 3.64. The Balaban J connectivity index is 1.96. The molecule has 0 spiro atoms. The highest BCUT2D eigenvalue weighted by Gasteiger charge is 2.18. The van der Waals surface area contributed by atoms with Crippen LogP contribution in [0.3, 0.4) is 0 Å². The molecule has 112 valence electrons.